The van der Waals surface area contributed by atoms with Gasteiger partial charge in [0.25, 0.3) is 0 Å². The molecule has 16 heavy (non-hydrogen) atoms. The molecule has 4 nitrogen and oxygen atoms in total. The number of hydrogen-bond acceptors (Lipinski definition) is 4. The number of hydrogen-bond donors (Lipinski definition) is 3. The Kier molecular flexibility index (Phi) is 8.43. The van der Waals surface area contributed by atoms with Crippen LogP contribution in [0.4, 0.5) is 0 Å². The van der Waals surface area contributed by atoms with E-state index in [0.29, 0.717) is 6.54 Å². The summed E-state index contributed by atoms with van der Waals surface area (Å²) in [6, 6.07) is 0. The highest BCUT2D eigenvalue weighted by Crippen LogP contribution is 2.09. The van der Waals surface area contributed by atoms with E-state index in [4.69, 9.17) is 10.2 Å². The summed E-state index contributed by atoms with van der Waals surface area (Å²) in [6.45, 7) is 8.25. The third-order valence-electron chi connectivity index (χ3n) is 2.33. The van der Waals surface area contributed by atoms with Crippen LogP contribution >= 0.6 is 0 Å². The van der Waals surface area contributed by atoms with Gasteiger partial charge in [0, 0.05) is 37.4 Å². The second-order valence-electron chi connectivity index (χ2n) is 4.76. The third kappa shape index (κ3) is 8.83. The molecule has 0 aliphatic rings. The molecule has 0 atom stereocenters. The van der Waals surface area contributed by atoms with Crippen molar-refractivity contribution in [3.63, 3.8) is 0 Å². The van der Waals surface area contributed by atoms with Crippen LogP contribution in [0.2, 0.25) is 0 Å². The predicted molar refractivity (Wildman–Crippen MR) is 68.1 cm³/mol. The fourth-order valence-electron chi connectivity index (χ4n) is 1.60. The first-order chi connectivity index (χ1) is 7.52. The van der Waals surface area contributed by atoms with Crippen LogP contribution in [0.25, 0.3) is 0 Å². The highest BCUT2D eigenvalue weighted by Gasteiger charge is 2.17. The summed E-state index contributed by atoms with van der Waals surface area (Å²) >= 11 is 0. The van der Waals surface area contributed by atoms with E-state index in [1.54, 1.807) is 0 Å². The van der Waals surface area contributed by atoms with Gasteiger partial charge < -0.3 is 15.5 Å². The molecule has 0 spiro atoms. The quantitative estimate of drug-likeness (QED) is 0.408. The van der Waals surface area contributed by atoms with Crippen molar-refractivity contribution >= 4 is 5.71 Å². The number of rotatable bonds is 9. The van der Waals surface area contributed by atoms with Crippen molar-refractivity contribution < 1.29 is 10.2 Å². The van der Waals surface area contributed by atoms with Gasteiger partial charge in [0.2, 0.25) is 0 Å². The normalized spacial score (nSPS) is 13.2. The summed E-state index contributed by atoms with van der Waals surface area (Å²) in [6.07, 6.45) is 2.41. The molecule has 0 fully saturated rings. The zero-order valence-corrected chi connectivity index (χ0v) is 10.8. The molecule has 0 aromatic heterocycles. The minimum Gasteiger partial charge on any atom is -0.396 e. The molecule has 4 heteroatoms. The van der Waals surface area contributed by atoms with E-state index >= 15 is 0 Å². The van der Waals surface area contributed by atoms with Crippen LogP contribution in [0.5, 0.6) is 0 Å². The molecule has 0 aliphatic heterocycles. The summed E-state index contributed by atoms with van der Waals surface area (Å²) in [7, 11) is 0. The van der Waals surface area contributed by atoms with Gasteiger partial charge in [-0.3, -0.25) is 4.99 Å². The third-order valence-corrected chi connectivity index (χ3v) is 2.33. The molecular formula is C12H26N2O2. The van der Waals surface area contributed by atoms with Gasteiger partial charge >= 0.3 is 0 Å². The van der Waals surface area contributed by atoms with Crippen LogP contribution in [0.1, 0.15) is 40.0 Å². The Labute approximate surface area is 98.8 Å². The van der Waals surface area contributed by atoms with E-state index in [1.807, 2.05) is 6.92 Å². The van der Waals surface area contributed by atoms with Gasteiger partial charge in [-0.2, -0.15) is 0 Å². The molecule has 0 amide bonds. The van der Waals surface area contributed by atoms with Crippen LogP contribution in [0, 0.1) is 0 Å². The molecule has 0 aliphatic carbocycles. The SMILES string of the molecule is CC(CC(C)(C)NCCCO)=NCCCO. The maximum absolute atomic E-state index is 8.70. The van der Waals surface area contributed by atoms with Crippen LogP contribution in [-0.2, 0) is 0 Å². The first-order valence-corrected chi connectivity index (χ1v) is 5.98. The van der Waals surface area contributed by atoms with Crippen LogP contribution in [0.15, 0.2) is 4.99 Å². The molecule has 0 heterocycles. The van der Waals surface area contributed by atoms with Crippen molar-refractivity contribution in [2.24, 2.45) is 4.99 Å². The average Bonchev–Trinajstić information content (AvgIpc) is 2.17. The fourth-order valence-corrected chi connectivity index (χ4v) is 1.60. The van der Waals surface area contributed by atoms with Crippen LogP contribution in [-0.4, -0.2) is 47.8 Å². The van der Waals surface area contributed by atoms with Gasteiger partial charge in [-0.05, 0) is 40.2 Å². The molecule has 0 radical (unpaired) electrons. The molecular weight excluding hydrogens is 204 g/mol. The van der Waals surface area contributed by atoms with E-state index in [2.05, 4.69) is 24.2 Å². The molecule has 0 saturated heterocycles. The summed E-state index contributed by atoms with van der Waals surface area (Å²) in [5, 5.41) is 20.7. The number of nitrogens with zero attached hydrogens (tertiary/aromatic N) is 1. The summed E-state index contributed by atoms with van der Waals surface area (Å²) in [5.74, 6) is 0. The molecule has 0 rings (SSSR count). The van der Waals surface area contributed by atoms with Gasteiger partial charge in [0.05, 0.1) is 0 Å². The minimum atomic E-state index is 0.0158. The van der Waals surface area contributed by atoms with Crippen LogP contribution < -0.4 is 5.32 Å². The largest absolute Gasteiger partial charge is 0.396 e. The number of aliphatic imine (C=N–C) groups is 1. The molecule has 3 N–H and O–H groups in total. The first kappa shape index (κ1) is 15.6. The Morgan fingerprint density at radius 1 is 1.19 bits per heavy atom. The summed E-state index contributed by atoms with van der Waals surface area (Å²) < 4.78 is 0. The topological polar surface area (TPSA) is 64.8 Å². The van der Waals surface area contributed by atoms with Gasteiger partial charge in [-0.15, -0.1) is 0 Å². The summed E-state index contributed by atoms with van der Waals surface area (Å²) in [5.41, 5.74) is 1.12. The maximum atomic E-state index is 8.70. The zero-order valence-electron chi connectivity index (χ0n) is 10.8. The van der Waals surface area contributed by atoms with E-state index in [0.717, 1.165) is 31.5 Å². The minimum absolute atomic E-state index is 0.0158. The lowest BCUT2D eigenvalue weighted by atomic mass is 9.97. The lowest BCUT2D eigenvalue weighted by molar-refractivity contribution is 0.276. The fraction of sp³-hybridized carbons (Fsp3) is 0.917. The van der Waals surface area contributed by atoms with Gasteiger partial charge in [-0.25, -0.2) is 0 Å². The van der Waals surface area contributed by atoms with Crippen molar-refractivity contribution in [2.75, 3.05) is 26.3 Å². The summed E-state index contributed by atoms with van der Waals surface area (Å²) in [4.78, 5) is 4.39. The van der Waals surface area contributed by atoms with E-state index in [1.165, 1.54) is 0 Å². The van der Waals surface area contributed by atoms with Crippen molar-refractivity contribution in [1.29, 1.82) is 0 Å². The number of aliphatic hydroxyl groups excluding tert-OH is 2. The van der Waals surface area contributed by atoms with Crippen molar-refractivity contribution in [3.8, 4) is 0 Å². The van der Waals surface area contributed by atoms with E-state index in [9.17, 15) is 0 Å². The van der Waals surface area contributed by atoms with Gasteiger partial charge in [0.1, 0.15) is 0 Å². The Morgan fingerprint density at radius 3 is 2.38 bits per heavy atom. The molecule has 0 aromatic carbocycles. The molecule has 0 unspecified atom stereocenters. The highest BCUT2D eigenvalue weighted by molar-refractivity contribution is 5.82. The average molecular weight is 230 g/mol. The number of aliphatic hydroxyl groups is 2. The van der Waals surface area contributed by atoms with E-state index in [-0.39, 0.29) is 18.8 Å². The lowest BCUT2D eigenvalue weighted by Crippen LogP contribution is -2.41. The van der Waals surface area contributed by atoms with Crippen LogP contribution in [0.3, 0.4) is 0 Å². The Morgan fingerprint density at radius 2 is 1.81 bits per heavy atom. The Hall–Kier alpha value is -0.450. The van der Waals surface area contributed by atoms with Gasteiger partial charge in [-0.1, -0.05) is 0 Å². The zero-order chi connectivity index (χ0) is 12.4. The predicted octanol–water partition coefficient (Wildman–Crippen LogP) is 0.970. The molecule has 0 aromatic rings. The maximum Gasteiger partial charge on any atom is 0.0448 e. The number of nitrogens with one attached hydrogen (secondary N) is 1. The Balaban J connectivity index is 3.88. The standard InChI is InChI=1S/C12H26N2O2/c1-11(13-6-4-8-15)10-12(2,3)14-7-5-9-16/h14-16H,4-10H2,1-3H3. The highest BCUT2D eigenvalue weighted by atomic mass is 16.3. The molecule has 0 saturated carbocycles. The van der Waals surface area contributed by atoms with E-state index < -0.39 is 0 Å². The monoisotopic (exact) mass is 230 g/mol. The first-order valence-electron chi connectivity index (χ1n) is 5.98. The smallest absolute Gasteiger partial charge is 0.0448 e. The van der Waals surface area contributed by atoms with Crippen molar-refractivity contribution in [1.82, 2.24) is 5.32 Å². The van der Waals surface area contributed by atoms with Gasteiger partial charge in [0.15, 0.2) is 0 Å². The second kappa shape index (κ2) is 8.67. The Bertz CT molecular complexity index is 203. The second-order valence-corrected chi connectivity index (χ2v) is 4.76. The van der Waals surface area contributed by atoms with Crippen molar-refractivity contribution in [2.45, 2.75) is 45.6 Å². The van der Waals surface area contributed by atoms with Crippen molar-refractivity contribution in [3.05, 3.63) is 0 Å². The molecule has 96 valence electrons. The lowest BCUT2D eigenvalue weighted by Gasteiger charge is -2.26. The molecule has 0 bridgehead atoms.